The summed E-state index contributed by atoms with van der Waals surface area (Å²) in [4.78, 5) is 47.4. The molecule has 3 rings (SSSR count). The average Bonchev–Trinajstić information content (AvgIpc) is 2.53. The van der Waals surface area contributed by atoms with Crippen molar-refractivity contribution in [1.29, 1.82) is 0 Å². The largest absolute Gasteiger partial charge is 0.325 e. The summed E-state index contributed by atoms with van der Waals surface area (Å²) in [7, 11) is 0. The normalized spacial score (nSPS) is 13.3. The summed E-state index contributed by atoms with van der Waals surface area (Å²) in [5.41, 5.74) is 0.987. The van der Waals surface area contributed by atoms with Crippen LogP contribution in [0.4, 0.5) is 5.69 Å². The van der Waals surface area contributed by atoms with Crippen molar-refractivity contribution in [3.8, 4) is 0 Å². The van der Waals surface area contributed by atoms with Gasteiger partial charge in [-0.25, -0.2) is 0 Å². The Morgan fingerprint density at radius 3 is 2.39 bits per heavy atom. The number of hydrogen-bond acceptors (Lipinski definition) is 4. The van der Waals surface area contributed by atoms with Gasteiger partial charge in [-0.3, -0.25) is 24.5 Å². The van der Waals surface area contributed by atoms with Crippen LogP contribution in [0.15, 0.2) is 48.5 Å². The van der Waals surface area contributed by atoms with Crippen LogP contribution in [0.5, 0.6) is 0 Å². The number of Topliss-reactive ketones (excluding diaryl/α,β-unsaturated/α-hetero) is 1. The van der Waals surface area contributed by atoms with E-state index in [1.54, 1.807) is 6.07 Å². The Balaban J connectivity index is 1.88. The lowest BCUT2D eigenvalue weighted by atomic mass is 9.96. The SMILES string of the molecule is O=C(Cc1ccccc1)Nc1cccc2c1C(=O)C(=O)NC2=O. The van der Waals surface area contributed by atoms with Crippen molar-refractivity contribution in [3.05, 3.63) is 65.2 Å². The second kappa shape index (κ2) is 5.84. The Bertz CT molecular complexity index is 828. The molecule has 23 heavy (non-hydrogen) atoms. The van der Waals surface area contributed by atoms with Gasteiger partial charge in [0.25, 0.3) is 17.6 Å². The second-order valence-electron chi connectivity index (χ2n) is 5.05. The first-order valence-electron chi connectivity index (χ1n) is 6.93. The molecule has 0 atom stereocenters. The molecule has 0 unspecified atom stereocenters. The van der Waals surface area contributed by atoms with E-state index >= 15 is 0 Å². The molecule has 0 radical (unpaired) electrons. The molecule has 1 aliphatic rings. The van der Waals surface area contributed by atoms with Gasteiger partial charge in [0.05, 0.1) is 23.2 Å². The lowest BCUT2D eigenvalue weighted by Crippen LogP contribution is -2.42. The zero-order valence-corrected chi connectivity index (χ0v) is 12.0. The Hall–Kier alpha value is -3.28. The molecule has 6 nitrogen and oxygen atoms in total. The summed E-state index contributed by atoms with van der Waals surface area (Å²) in [5, 5.41) is 4.56. The fourth-order valence-corrected chi connectivity index (χ4v) is 2.41. The van der Waals surface area contributed by atoms with Gasteiger partial charge in [-0.05, 0) is 17.7 Å². The van der Waals surface area contributed by atoms with Crippen molar-refractivity contribution in [3.63, 3.8) is 0 Å². The number of benzene rings is 2. The van der Waals surface area contributed by atoms with Gasteiger partial charge in [0, 0.05) is 0 Å². The van der Waals surface area contributed by atoms with Crippen LogP contribution in [0.25, 0.3) is 0 Å². The van der Waals surface area contributed by atoms with E-state index < -0.39 is 17.6 Å². The molecular formula is C17H12N2O4. The Labute approximate surface area is 131 Å². The first-order chi connectivity index (χ1) is 11.1. The minimum absolute atomic E-state index is 0.0670. The molecule has 3 amide bonds. The first-order valence-corrected chi connectivity index (χ1v) is 6.93. The summed E-state index contributed by atoms with van der Waals surface area (Å²) in [6.45, 7) is 0. The summed E-state index contributed by atoms with van der Waals surface area (Å²) in [6, 6.07) is 13.6. The molecule has 1 aliphatic heterocycles. The highest BCUT2D eigenvalue weighted by molar-refractivity contribution is 6.50. The van der Waals surface area contributed by atoms with Crippen molar-refractivity contribution < 1.29 is 19.2 Å². The molecule has 1 heterocycles. The maximum absolute atomic E-state index is 12.1. The molecule has 0 spiro atoms. The van der Waals surface area contributed by atoms with Gasteiger partial charge < -0.3 is 5.32 Å². The third-order valence-corrected chi connectivity index (χ3v) is 3.45. The lowest BCUT2D eigenvalue weighted by Gasteiger charge is -2.17. The standard InChI is InChI=1S/C17H12N2O4/c20-13(9-10-5-2-1-3-6-10)18-12-8-4-7-11-14(12)15(21)17(23)19-16(11)22/h1-8H,9H2,(H,18,20)(H,19,22,23). The average molecular weight is 308 g/mol. The Morgan fingerprint density at radius 1 is 0.913 bits per heavy atom. The molecule has 2 aromatic rings. The zero-order valence-electron chi connectivity index (χ0n) is 12.0. The van der Waals surface area contributed by atoms with E-state index in [1.165, 1.54) is 12.1 Å². The summed E-state index contributed by atoms with van der Waals surface area (Å²) >= 11 is 0. The van der Waals surface area contributed by atoms with Gasteiger partial charge in [0.15, 0.2) is 0 Å². The minimum Gasteiger partial charge on any atom is -0.325 e. The molecule has 0 aromatic heterocycles. The van der Waals surface area contributed by atoms with Gasteiger partial charge in [-0.2, -0.15) is 0 Å². The number of ketones is 1. The van der Waals surface area contributed by atoms with Crippen LogP contribution in [0, 0.1) is 0 Å². The molecule has 6 heteroatoms. The molecular weight excluding hydrogens is 296 g/mol. The van der Waals surface area contributed by atoms with E-state index in [2.05, 4.69) is 5.32 Å². The lowest BCUT2D eigenvalue weighted by molar-refractivity contribution is -0.117. The number of fused-ring (bicyclic) bond motifs is 1. The highest BCUT2D eigenvalue weighted by Crippen LogP contribution is 2.23. The molecule has 2 N–H and O–H groups in total. The van der Waals surface area contributed by atoms with Gasteiger partial charge in [0.1, 0.15) is 0 Å². The number of anilines is 1. The number of carbonyl (C=O) groups excluding carboxylic acids is 4. The van der Waals surface area contributed by atoms with Crippen LogP contribution in [-0.2, 0) is 16.0 Å². The summed E-state index contributed by atoms with van der Waals surface area (Å²) < 4.78 is 0. The Kier molecular flexibility index (Phi) is 3.72. The topological polar surface area (TPSA) is 92.3 Å². The van der Waals surface area contributed by atoms with Crippen LogP contribution in [0.1, 0.15) is 26.3 Å². The zero-order chi connectivity index (χ0) is 16.4. The second-order valence-corrected chi connectivity index (χ2v) is 5.05. The van der Waals surface area contributed by atoms with Crippen molar-refractivity contribution in [2.24, 2.45) is 0 Å². The molecule has 0 aliphatic carbocycles. The summed E-state index contributed by atoms with van der Waals surface area (Å²) in [5.74, 6) is -2.82. The van der Waals surface area contributed by atoms with Crippen molar-refractivity contribution >= 4 is 29.2 Å². The first kappa shape index (κ1) is 14.6. The van der Waals surface area contributed by atoms with E-state index in [1.807, 2.05) is 35.6 Å². The number of rotatable bonds is 3. The fourth-order valence-electron chi connectivity index (χ4n) is 2.41. The molecule has 0 saturated carbocycles. The number of carbonyl (C=O) groups is 4. The van der Waals surface area contributed by atoms with E-state index in [-0.39, 0.29) is 29.1 Å². The van der Waals surface area contributed by atoms with E-state index in [0.29, 0.717) is 0 Å². The molecule has 114 valence electrons. The molecule has 0 fully saturated rings. The van der Waals surface area contributed by atoms with Crippen LogP contribution in [0.2, 0.25) is 0 Å². The van der Waals surface area contributed by atoms with E-state index in [0.717, 1.165) is 5.56 Å². The molecule has 0 bridgehead atoms. The van der Waals surface area contributed by atoms with Crippen molar-refractivity contribution in [2.45, 2.75) is 6.42 Å². The molecule has 2 aromatic carbocycles. The van der Waals surface area contributed by atoms with Crippen LogP contribution in [-0.4, -0.2) is 23.5 Å². The number of hydrogen-bond donors (Lipinski definition) is 2. The highest BCUT2D eigenvalue weighted by atomic mass is 16.2. The molecule has 0 saturated heterocycles. The number of imide groups is 1. The maximum Gasteiger partial charge on any atom is 0.299 e. The van der Waals surface area contributed by atoms with E-state index in [9.17, 15) is 19.2 Å². The highest BCUT2D eigenvalue weighted by Gasteiger charge is 2.32. The smallest absolute Gasteiger partial charge is 0.299 e. The van der Waals surface area contributed by atoms with E-state index in [4.69, 9.17) is 0 Å². The number of nitrogens with one attached hydrogen (secondary N) is 2. The minimum atomic E-state index is -0.993. The predicted molar refractivity (Wildman–Crippen MR) is 82.0 cm³/mol. The predicted octanol–water partition coefficient (Wildman–Crippen LogP) is 1.32. The fraction of sp³-hybridized carbons (Fsp3) is 0.0588. The third-order valence-electron chi connectivity index (χ3n) is 3.45. The monoisotopic (exact) mass is 308 g/mol. The van der Waals surface area contributed by atoms with Crippen molar-refractivity contribution in [2.75, 3.05) is 5.32 Å². The Morgan fingerprint density at radius 2 is 1.65 bits per heavy atom. The van der Waals surface area contributed by atoms with Crippen LogP contribution < -0.4 is 10.6 Å². The van der Waals surface area contributed by atoms with Gasteiger partial charge in [0.2, 0.25) is 5.91 Å². The quantitative estimate of drug-likeness (QED) is 0.661. The summed E-state index contributed by atoms with van der Waals surface area (Å²) in [6.07, 6.45) is 0.124. The van der Waals surface area contributed by atoms with Gasteiger partial charge in [-0.15, -0.1) is 0 Å². The van der Waals surface area contributed by atoms with Gasteiger partial charge >= 0.3 is 0 Å². The maximum atomic E-state index is 12.1. The van der Waals surface area contributed by atoms with Crippen LogP contribution >= 0.6 is 0 Å². The van der Waals surface area contributed by atoms with Crippen LogP contribution in [0.3, 0.4) is 0 Å². The van der Waals surface area contributed by atoms with Gasteiger partial charge in [-0.1, -0.05) is 36.4 Å². The third kappa shape index (κ3) is 2.87. The van der Waals surface area contributed by atoms with Crippen molar-refractivity contribution in [1.82, 2.24) is 5.32 Å². The number of amides is 3.